The second kappa shape index (κ2) is 12.1. The summed E-state index contributed by atoms with van der Waals surface area (Å²) in [6, 6.07) is 15.8. The van der Waals surface area contributed by atoms with Crippen molar-refractivity contribution in [2.24, 2.45) is 0 Å². The SMILES string of the molecule is COCCn1c(Cc2c(F)cc(-c3cccnc3OCc3ccc(C#N)cc3F)cc2F)nc2ccc(C(=O)O)cc21. The topological polar surface area (TPSA) is 110 Å². The van der Waals surface area contributed by atoms with Crippen LogP contribution < -0.4 is 4.74 Å². The van der Waals surface area contributed by atoms with Gasteiger partial charge in [-0.3, -0.25) is 0 Å². The Balaban J connectivity index is 1.45. The monoisotopic (exact) mass is 572 g/mol. The maximum absolute atomic E-state index is 15.5. The van der Waals surface area contributed by atoms with Crippen LogP contribution in [0.15, 0.2) is 66.9 Å². The van der Waals surface area contributed by atoms with Crippen LogP contribution in [-0.2, 0) is 24.3 Å². The van der Waals surface area contributed by atoms with Crippen LogP contribution in [0.1, 0.15) is 32.9 Å². The minimum Gasteiger partial charge on any atom is -0.478 e. The van der Waals surface area contributed by atoms with Gasteiger partial charge in [0.1, 0.15) is 29.9 Å². The molecule has 0 spiro atoms. The third kappa shape index (κ3) is 5.80. The van der Waals surface area contributed by atoms with Crippen LogP contribution in [0.4, 0.5) is 13.2 Å². The molecular weight excluding hydrogens is 549 g/mol. The minimum atomic E-state index is -1.11. The number of carboxylic acids is 1. The van der Waals surface area contributed by atoms with E-state index in [4.69, 9.17) is 14.7 Å². The van der Waals surface area contributed by atoms with Crippen molar-refractivity contribution in [3.05, 3.63) is 112 Å². The fraction of sp³-hybridized carbons (Fsp3) is 0.161. The molecule has 0 aliphatic carbocycles. The van der Waals surface area contributed by atoms with Crippen LogP contribution in [0.5, 0.6) is 5.88 Å². The summed E-state index contributed by atoms with van der Waals surface area (Å²) in [5, 5.41) is 18.3. The van der Waals surface area contributed by atoms with E-state index < -0.39 is 23.4 Å². The molecule has 0 atom stereocenters. The maximum Gasteiger partial charge on any atom is 0.335 e. The quantitative estimate of drug-likeness (QED) is 0.222. The molecule has 0 saturated carbocycles. The van der Waals surface area contributed by atoms with Gasteiger partial charge in [0.05, 0.1) is 34.8 Å². The zero-order chi connectivity index (χ0) is 29.8. The molecule has 212 valence electrons. The lowest BCUT2D eigenvalue weighted by molar-refractivity contribution is 0.0697. The normalized spacial score (nSPS) is 11.0. The van der Waals surface area contributed by atoms with Crippen LogP contribution >= 0.6 is 0 Å². The van der Waals surface area contributed by atoms with Gasteiger partial charge < -0.3 is 19.1 Å². The van der Waals surface area contributed by atoms with E-state index in [9.17, 15) is 14.3 Å². The van der Waals surface area contributed by atoms with Gasteiger partial charge in [0.25, 0.3) is 0 Å². The molecule has 3 aromatic carbocycles. The molecule has 8 nitrogen and oxygen atoms in total. The Bertz CT molecular complexity index is 1830. The fourth-order valence-corrected chi connectivity index (χ4v) is 4.56. The Morgan fingerprint density at radius 2 is 1.83 bits per heavy atom. The van der Waals surface area contributed by atoms with Crippen LogP contribution in [-0.4, -0.2) is 39.3 Å². The number of nitrogens with zero attached hydrogens (tertiary/aromatic N) is 4. The first-order valence-corrected chi connectivity index (χ1v) is 12.7. The van der Waals surface area contributed by atoms with Gasteiger partial charge in [0.15, 0.2) is 0 Å². The first-order chi connectivity index (χ1) is 20.3. The van der Waals surface area contributed by atoms with E-state index in [2.05, 4.69) is 9.97 Å². The molecule has 0 bridgehead atoms. The van der Waals surface area contributed by atoms with E-state index in [1.165, 1.54) is 37.6 Å². The van der Waals surface area contributed by atoms with Gasteiger partial charge in [-0.15, -0.1) is 0 Å². The number of methoxy groups -OCH3 is 1. The highest BCUT2D eigenvalue weighted by Gasteiger charge is 2.20. The van der Waals surface area contributed by atoms with Crippen molar-refractivity contribution in [2.75, 3.05) is 13.7 Å². The number of nitriles is 1. The average Bonchev–Trinajstić information content (AvgIpc) is 3.33. The molecule has 2 heterocycles. The van der Waals surface area contributed by atoms with Crippen molar-refractivity contribution in [2.45, 2.75) is 19.6 Å². The van der Waals surface area contributed by atoms with Gasteiger partial charge in [0.2, 0.25) is 5.88 Å². The molecule has 0 radical (unpaired) electrons. The van der Waals surface area contributed by atoms with Gasteiger partial charge in [-0.2, -0.15) is 5.26 Å². The lowest BCUT2D eigenvalue weighted by Crippen LogP contribution is -2.11. The molecule has 11 heteroatoms. The highest BCUT2D eigenvalue weighted by molar-refractivity contribution is 5.92. The van der Waals surface area contributed by atoms with E-state index in [-0.39, 0.29) is 53.3 Å². The Hall–Kier alpha value is -5.21. The number of pyridine rings is 1. The summed E-state index contributed by atoms with van der Waals surface area (Å²) >= 11 is 0. The Labute approximate surface area is 238 Å². The summed E-state index contributed by atoms with van der Waals surface area (Å²) in [4.78, 5) is 20.2. The summed E-state index contributed by atoms with van der Waals surface area (Å²) in [7, 11) is 1.51. The Morgan fingerprint density at radius 3 is 2.52 bits per heavy atom. The molecule has 2 aromatic heterocycles. The summed E-state index contributed by atoms with van der Waals surface area (Å²) in [6.07, 6.45) is 1.24. The van der Waals surface area contributed by atoms with Gasteiger partial charge >= 0.3 is 5.97 Å². The number of aromatic carboxylic acids is 1. The number of carboxylic acid groups (broad SMARTS) is 1. The number of aromatic nitrogens is 3. The van der Waals surface area contributed by atoms with E-state index in [0.29, 0.717) is 29.0 Å². The van der Waals surface area contributed by atoms with Crippen molar-refractivity contribution >= 4 is 17.0 Å². The molecule has 0 aliphatic heterocycles. The smallest absolute Gasteiger partial charge is 0.335 e. The van der Waals surface area contributed by atoms with Crippen molar-refractivity contribution in [1.29, 1.82) is 5.26 Å². The van der Waals surface area contributed by atoms with E-state index in [0.717, 1.165) is 18.2 Å². The Morgan fingerprint density at radius 1 is 1.05 bits per heavy atom. The third-order valence-corrected chi connectivity index (χ3v) is 6.70. The van der Waals surface area contributed by atoms with Crippen LogP contribution in [0.3, 0.4) is 0 Å². The van der Waals surface area contributed by atoms with Gasteiger partial charge in [0, 0.05) is 43.0 Å². The number of hydrogen-bond donors (Lipinski definition) is 1. The highest BCUT2D eigenvalue weighted by atomic mass is 19.1. The minimum absolute atomic E-state index is 0.0448. The first-order valence-electron chi connectivity index (χ1n) is 12.7. The molecule has 42 heavy (non-hydrogen) atoms. The van der Waals surface area contributed by atoms with Crippen LogP contribution in [0.2, 0.25) is 0 Å². The molecule has 5 aromatic rings. The molecule has 0 aliphatic rings. The summed E-state index contributed by atoms with van der Waals surface area (Å²) < 4.78 is 57.8. The fourth-order valence-electron chi connectivity index (χ4n) is 4.56. The van der Waals surface area contributed by atoms with Crippen molar-refractivity contribution < 1.29 is 32.5 Å². The highest BCUT2D eigenvalue weighted by Crippen LogP contribution is 2.32. The summed E-state index contributed by atoms with van der Waals surface area (Å²) in [5.74, 6) is -2.99. The number of fused-ring (bicyclic) bond motifs is 1. The van der Waals surface area contributed by atoms with Crippen LogP contribution in [0.25, 0.3) is 22.2 Å². The molecule has 0 fully saturated rings. The number of imidazole rings is 1. The third-order valence-electron chi connectivity index (χ3n) is 6.70. The van der Waals surface area contributed by atoms with Gasteiger partial charge in [-0.1, -0.05) is 6.07 Å². The Kier molecular flexibility index (Phi) is 8.17. The number of rotatable bonds is 10. The second-order valence-corrected chi connectivity index (χ2v) is 9.34. The molecule has 5 rings (SSSR count). The standard InChI is InChI=1S/C31H23F3N4O4/c1-41-10-9-38-28-14-19(31(39)40)6-7-27(28)37-29(38)15-23-25(33)12-21(13-26(23)34)22-3-2-8-36-30(22)42-17-20-5-4-18(16-35)11-24(20)32/h2-8,11-14H,9-10,15,17H2,1H3,(H,39,40). The number of halogens is 3. The van der Waals surface area contributed by atoms with Crippen molar-refractivity contribution in [1.82, 2.24) is 14.5 Å². The van der Waals surface area contributed by atoms with E-state index >= 15 is 8.78 Å². The molecule has 0 saturated heterocycles. The molecule has 0 amide bonds. The number of benzene rings is 3. The molecule has 0 unspecified atom stereocenters. The molecule has 1 N–H and O–H groups in total. The number of carbonyl (C=O) groups is 1. The van der Waals surface area contributed by atoms with Crippen molar-refractivity contribution in [3.63, 3.8) is 0 Å². The summed E-state index contributed by atoms with van der Waals surface area (Å²) in [6.45, 7) is 0.352. The lowest BCUT2D eigenvalue weighted by atomic mass is 10.0. The van der Waals surface area contributed by atoms with Gasteiger partial charge in [-0.25, -0.2) is 27.9 Å². The van der Waals surface area contributed by atoms with E-state index in [1.54, 1.807) is 22.8 Å². The van der Waals surface area contributed by atoms with Crippen LogP contribution in [0, 0.1) is 28.8 Å². The number of hydrogen-bond acceptors (Lipinski definition) is 6. The number of ether oxygens (including phenoxy) is 2. The first kappa shape index (κ1) is 28.3. The van der Waals surface area contributed by atoms with E-state index in [1.807, 2.05) is 6.07 Å². The summed E-state index contributed by atoms with van der Waals surface area (Å²) in [5.41, 5.74) is 1.64. The largest absolute Gasteiger partial charge is 0.478 e. The zero-order valence-electron chi connectivity index (χ0n) is 22.3. The zero-order valence-corrected chi connectivity index (χ0v) is 22.3. The van der Waals surface area contributed by atoms with Gasteiger partial charge in [-0.05, 0) is 60.2 Å². The average molecular weight is 573 g/mol. The molecular formula is C31H23F3N4O4. The predicted molar refractivity (Wildman–Crippen MR) is 146 cm³/mol. The maximum atomic E-state index is 15.5. The predicted octanol–water partition coefficient (Wildman–Crippen LogP) is 5.90. The lowest BCUT2D eigenvalue weighted by Gasteiger charge is -2.13. The van der Waals surface area contributed by atoms with Crippen molar-refractivity contribution in [3.8, 4) is 23.1 Å². The second-order valence-electron chi connectivity index (χ2n) is 9.34.